The third-order valence-electron chi connectivity index (χ3n) is 1.91. The van der Waals surface area contributed by atoms with E-state index in [0.29, 0.717) is 6.42 Å². The first-order chi connectivity index (χ1) is 6.16. The standard InChI is InChI=1S/C8H10N2O3/c1-2-3-6-4-5-9-8(11)7(6)10(12)13/h2,4-7H,1,3H2,(H,9,11). The van der Waals surface area contributed by atoms with E-state index >= 15 is 0 Å². The predicted octanol–water partition coefficient (Wildman–Crippen LogP) is 0.467. The minimum Gasteiger partial charge on any atom is -0.327 e. The van der Waals surface area contributed by atoms with Crippen LogP contribution in [-0.2, 0) is 4.79 Å². The summed E-state index contributed by atoms with van der Waals surface area (Å²) in [6, 6.07) is -1.18. The summed E-state index contributed by atoms with van der Waals surface area (Å²) < 4.78 is 0. The van der Waals surface area contributed by atoms with Crippen LogP contribution in [0.1, 0.15) is 6.42 Å². The second-order valence-corrected chi connectivity index (χ2v) is 2.79. The first kappa shape index (κ1) is 9.44. The van der Waals surface area contributed by atoms with Crippen molar-refractivity contribution in [1.82, 2.24) is 5.32 Å². The van der Waals surface area contributed by atoms with Crippen molar-refractivity contribution in [1.29, 1.82) is 0 Å². The quantitative estimate of drug-likeness (QED) is 0.391. The van der Waals surface area contributed by atoms with Crippen LogP contribution in [0.25, 0.3) is 0 Å². The summed E-state index contributed by atoms with van der Waals surface area (Å²) in [5, 5.41) is 12.8. The maximum atomic E-state index is 11.1. The highest BCUT2D eigenvalue weighted by atomic mass is 16.6. The van der Waals surface area contributed by atoms with Crippen LogP contribution in [0.3, 0.4) is 0 Å². The Bertz CT molecular complexity index is 273. The third kappa shape index (κ3) is 1.93. The molecule has 0 aromatic carbocycles. The highest BCUT2D eigenvalue weighted by molar-refractivity contribution is 5.83. The van der Waals surface area contributed by atoms with Crippen molar-refractivity contribution in [3.8, 4) is 0 Å². The minimum atomic E-state index is -1.18. The fraction of sp³-hybridized carbons (Fsp3) is 0.375. The molecule has 0 aromatic rings. The molecule has 5 nitrogen and oxygen atoms in total. The van der Waals surface area contributed by atoms with Gasteiger partial charge in [-0.1, -0.05) is 12.2 Å². The molecule has 0 fully saturated rings. The summed E-state index contributed by atoms with van der Waals surface area (Å²) in [7, 11) is 0. The Morgan fingerprint density at radius 1 is 1.77 bits per heavy atom. The lowest BCUT2D eigenvalue weighted by atomic mass is 9.94. The second kappa shape index (κ2) is 3.84. The summed E-state index contributed by atoms with van der Waals surface area (Å²) in [6.07, 6.45) is 5.08. The lowest BCUT2D eigenvalue weighted by Crippen LogP contribution is -2.45. The number of carbonyl (C=O) groups is 1. The average molecular weight is 182 g/mol. The zero-order valence-corrected chi connectivity index (χ0v) is 6.97. The van der Waals surface area contributed by atoms with E-state index in [1.807, 2.05) is 0 Å². The molecule has 0 radical (unpaired) electrons. The number of nitrogens with zero attached hydrogens (tertiary/aromatic N) is 1. The molecule has 70 valence electrons. The molecule has 2 unspecified atom stereocenters. The van der Waals surface area contributed by atoms with Crippen molar-refractivity contribution in [3.63, 3.8) is 0 Å². The van der Waals surface area contributed by atoms with Gasteiger partial charge in [-0.15, -0.1) is 6.58 Å². The van der Waals surface area contributed by atoms with Gasteiger partial charge in [0.25, 0.3) is 11.9 Å². The number of hydrogen-bond acceptors (Lipinski definition) is 3. The second-order valence-electron chi connectivity index (χ2n) is 2.79. The van der Waals surface area contributed by atoms with Crippen LogP contribution < -0.4 is 5.32 Å². The van der Waals surface area contributed by atoms with Crippen LogP contribution >= 0.6 is 0 Å². The number of nitrogens with one attached hydrogen (secondary N) is 1. The van der Waals surface area contributed by atoms with Gasteiger partial charge in [-0.25, -0.2) is 0 Å². The fourth-order valence-electron chi connectivity index (χ4n) is 1.29. The van der Waals surface area contributed by atoms with Crippen molar-refractivity contribution >= 4 is 5.91 Å². The van der Waals surface area contributed by atoms with E-state index < -0.39 is 16.9 Å². The lowest BCUT2D eigenvalue weighted by molar-refractivity contribution is -0.514. The molecule has 1 aliphatic rings. The van der Waals surface area contributed by atoms with E-state index in [-0.39, 0.29) is 5.92 Å². The van der Waals surface area contributed by atoms with E-state index in [0.717, 1.165) is 0 Å². The molecule has 1 aliphatic heterocycles. The summed E-state index contributed by atoms with van der Waals surface area (Å²) in [4.78, 5) is 21.0. The molecule has 0 aromatic heterocycles. The van der Waals surface area contributed by atoms with E-state index in [2.05, 4.69) is 11.9 Å². The van der Waals surface area contributed by atoms with Crippen LogP contribution in [0.15, 0.2) is 24.9 Å². The zero-order valence-electron chi connectivity index (χ0n) is 6.97. The average Bonchev–Trinajstić information content (AvgIpc) is 2.04. The normalized spacial score (nSPS) is 26.6. The summed E-state index contributed by atoms with van der Waals surface area (Å²) >= 11 is 0. The maximum Gasteiger partial charge on any atom is 0.299 e. The molecule has 2 atom stereocenters. The summed E-state index contributed by atoms with van der Waals surface area (Å²) in [6.45, 7) is 3.49. The van der Waals surface area contributed by atoms with Crippen LogP contribution in [0.2, 0.25) is 0 Å². The van der Waals surface area contributed by atoms with Gasteiger partial charge in [-0.3, -0.25) is 14.9 Å². The Morgan fingerprint density at radius 3 is 3.00 bits per heavy atom. The van der Waals surface area contributed by atoms with Gasteiger partial charge in [0.05, 0.1) is 5.92 Å². The highest BCUT2D eigenvalue weighted by Crippen LogP contribution is 2.17. The molecule has 0 spiro atoms. The first-order valence-electron chi connectivity index (χ1n) is 3.88. The highest BCUT2D eigenvalue weighted by Gasteiger charge is 2.38. The van der Waals surface area contributed by atoms with Gasteiger partial charge < -0.3 is 5.32 Å². The number of carbonyl (C=O) groups excluding carboxylic acids is 1. The Balaban J connectivity index is 2.84. The zero-order chi connectivity index (χ0) is 9.84. The predicted molar refractivity (Wildman–Crippen MR) is 46.4 cm³/mol. The van der Waals surface area contributed by atoms with Gasteiger partial charge in [0.15, 0.2) is 0 Å². The van der Waals surface area contributed by atoms with Gasteiger partial charge in [0.1, 0.15) is 0 Å². The van der Waals surface area contributed by atoms with Crippen LogP contribution in [-0.4, -0.2) is 16.9 Å². The molecule has 1 heterocycles. The van der Waals surface area contributed by atoms with Crippen LogP contribution in [0, 0.1) is 16.0 Å². The smallest absolute Gasteiger partial charge is 0.299 e. The molecule has 13 heavy (non-hydrogen) atoms. The van der Waals surface area contributed by atoms with E-state index in [9.17, 15) is 14.9 Å². The number of hydrogen-bond donors (Lipinski definition) is 1. The molecule has 0 bridgehead atoms. The van der Waals surface area contributed by atoms with Gasteiger partial charge in [-0.2, -0.15) is 0 Å². The SMILES string of the molecule is C=CCC1C=CNC(=O)C1[N+](=O)[O-]. The van der Waals surface area contributed by atoms with Crippen molar-refractivity contribution < 1.29 is 9.72 Å². The van der Waals surface area contributed by atoms with Crippen molar-refractivity contribution in [2.45, 2.75) is 12.5 Å². The largest absolute Gasteiger partial charge is 0.327 e. The maximum absolute atomic E-state index is 11.1. The minimum absolute atomic E-state index is 0.374. The van der Waals surface area contributed by atoms with Gasteiger partial charge >= 0.3 is 0 Å². The Hall–Kier alpha value is -1.65. The third-order valence-corrected chi connectivity index (χ3v) is 1.91. The topological polar surface area (TPSA) is 72.2 Å². The lowest BCUT2D eigenvalue weighted by Gasteiger charge is -2.18. The number of allylic oxidation sites excluding steroid dienone is 1. The van der Waals surface area contributed by atoms with Gasteiger partial charge in [0, 0.05) is 11.1 Å². The van der Waals surface area contributed by atoms with E-state index in [4.69, 9.17) is 0 Å². The monoisotopic (exact) mass is 182 g/mol. The van der Waals surface area contributed by atoms with Crippen LogP contribution in [0.4, 0.5) is 0 Å². The fourth-order valence-corrected chi connectivity index (χ4v) is 1.29. The molecular weight excluding hydrogens is 172 g/mol. The van der Waals surface area contributed by atoms with E-state index in [1.54, 1.807) is 12.2 Å². The summed E-state index contributed by atoms with van der Waals surface area (Å²) in [5.41, 5.74) is 0. The number of amides is 1. The molecular formula is C8H10N2O3. The molecule has 0 saturated carbocycles. The number of nitro groups is 1. The van der Waals surface area contributed by atoms with Crippen molar-refractivity contribution in [2.24, 2.45) is 5.92 Å². The molecule has 0 saturated heterocycles. The molecule has 5 heteroatoms. The Labute approximate surface area is 75.3 Å². The molecule has 1 rings (SSSR count). The Kier molecular flexibility index (Phi) is 2.79. The molecule has 0 aliphatic carbocycles. The first-order valence-corrected chi connectivity index (χ1v) is 3.88. The van der Waals surface area contributed by atoms with Gasteiger partial charge in [0.2, 0.25) is 0 Å². The van der Waals surface area contributed by atoms with Crippen molar-refractivity contribution in [3.05, 3.63) is 35.0 Å². The summed E-state index contributed by atoms with van der Waals surface area (Å²) in [5.74, 6) is -0.930. The molecule has 1 amide bonds. The van der Waals surface area contributed by atoms with E-state index in [1.165, 1.54) is 6.20 Å². The Morgan fingerprint density at radius 2 is 2.46 bits per heavy atom. The number of rotatable bonds is 3. The van der Waals surface area contributed by atoms with Gasteiger partial charge in [-0.05, 0) is 6.42 Å². The molecule has 1 N–H and O–H groups in total. The van der Waals surface area contributed by atoms with Crippen molar-refractivity contribution in [2.75, 3.05) is 0 Å². The van der Waals surface area contributed by atoms with Crippen LogP contribution in [0.5, 0.6) is 0 Å².